The Morgan fingerprint density at radius 2 is 2.03 bits per heavy atom. The number of hydrogen-bond donors (Lipinski definition) is 3. The Balaban J connectivity index is 1.33. The van der Waals surface area contributed by atoms with Gasteiger partial charge in [0.05, 0.1) is 18.5 Å². The van der Waals surface area contributed by atoms with Crippen LogP contribution < -0.4 is 10.5 Å². The maximum Gasteiger partial charge on any atom is 0.362 e. The van der Waals surface area contributed by atoms with E-state index in [1.54, 1.807) is 23.1 Å². The van der Waals surface area contributed by atoms with Crippen molar-refractivity contribution in [3.05, 3.63) is 40.9 Å². The van der Waals surface area contributed by atoms with Gasteiger partial charge in [-0.25, -0.2) is 19.7 Å². The molecule has 4 heterocycles. The number of hydrogen-bond acceptors (Lipinski definition) is 12. The van der Waals surface area contributed by atoms with Crippen molar-refractivity contribution in [3.8, 4) is 5.75 Å². The third kappa shape index (κ3) is 4.62. The van der Waals surface area contributed by atoms with Crippen LogP contribution in [0, 0.1) is 0 Å². The Labute approximate surface area is 213 Å². The Morgan fingerprint density at radius 1 is 1.28 bits per heavy atom. The molecular formula is C20H21BrN6O8S. The van der Waals surface area contributed by atoms with Crippen LogP contribution in [0.15, 0.2) is 35.3 Å². The number of phenols is 1. The second kappa shape index (κ2) is 8.89. The van der Waals surface area contributed by atoms with Crippen molar-refractivity contribution < 1.29 is 36.7 Å². The van der Waals surface area contributed by atoms with Crippen LogP contribution in [0.3, 0.4) is 0 Å². The number of carbonyl (C=O) groups is 1. The lowest BCUT2D eigenvalue weighted by Gasteiger charge is -2.24. The molecule has 192 valence electrons. The standard InChI is InChI=1S/C20H21BrN6O8S/c1-20(2)34-14-12(6-32-36(30,31)26-18(29)10-4-3-9(21)5-11(10)28)33-19(15(14)35-20)27-8-25-13-16(22)23-7-24-17(13)27/h3-5,7-8,12,14-15,19,28H,6H2,1-2H3,(H,26,29)(H2,22,23,24)/t12-,14-,15-,19-/m1/s1. The lowest BCUT2D eigenvalue weighted by Crippen LogP contribution is -2.37. The number of nitrogens with two attached hydrogens (primary N) is 1. The van der Waals surface area contributed by atoms with E-state index in [-0.39, 0.29) is 11.4 Å². The van der Waals surface area contributed by atoms with Crippen molar-refractivity contribution in [2.24, 2.45) is 0 Å². The molecule has 0 radical (unpaired) electrons. The lowest BCUT2D eigenvalue weighted by atomic mass is 10.1. The number of aromatic hydroxyl groups is 1. The third-order valence-electron chi connectivity index (χ3n) is 5.60. The van der Waals surface area contributed by atoms with E-state index in [0.29, 0.717) is 15.6 Å². The summed E-state index contributed by atoms with van der Waals surface area (Å²) >= 11 is 3.15. The first kappa shape index (κ1) is 24.8. The minimum absolute atomic E-state index is 0.191. The lowest BCUT2D eigenvalue weighted by molar-refractivity contribution is -0.198. The fraction of sp³-hybridized carbons (Fsp3) is 0.400. The Hall–Kier alpha value is -2.89. The summed E-state index contributed by atoms with van der Waals surface area (Å²) in [4.78, 5) is 24.7. The highest BCUT2D eigenvalue weighted by atomic mass is 79.9. The second-order valence-electron chi connectivity index (χ2n) is 8.54. The molecule has 3 aromatic rings. The molecular weight excluding hydrogens is 564 g/mol. The smallest absolute Gasteiger partial charge is 0.362 e. The Morgan fingerprint density at radius 3 is 2.78 bits per heavy atom. The van der Waals surface area contributed by atoms with Crippen LogP contribution in [-0.2, 0) is 28.7 Å². The van der Waals surface area contributed by atoms with E-state index in [1.165, 1.54) is 30.9 Å². The molecule has 4 N–H and O–H groups in total. The predicted molar refractivity (Wildman–Crippen MR) is 126 cm³/mol. The summed E-state index contributed by atoms with van der Waals surface area (Å²) in [5, 5.41) is 9.92. The summed E-state index contributed by atoms with van der Waals surface area (Å²) in [6, 6.07) is 4.00. The maximum absolute atomic E-state index is 12.5. The Bertz CT molecular complexity index is 1450. The number of fused-ring (bicyclic) bond motifs is 2. The van der Waals surface area contributed by atoms with Crippen LogP contribution >= 0.6 is 15.9 Å². The number of imidazole rings is 1. The van der Waals surface area contributed by atoms with Crippen molar-refractivity contribution in [1.82, 2.24) is 24.2 Å². The number of carbonyl (C=O) groups excluding carboxylic acids is 1. The molecule has 2 aliphatic heterocycles. The molecule has 2 fully saturated rings. The van der Waals surface area contributed by atoms with Gasteiger partial charge in [-0.05, 0) is 32.0 Å². The van der Waals surface area contributed by atoms with Crippen LogP contribution in [0.25, 0.3) is 11.2 Å². The number of rotatable bonds is 6. The van der Waals surface area contributed by atoms with Crippen molar-refractivity contribution in [3.63, 3.8) is 0 Å². The first-order chi connectivity index (χ1) is 16.9. The van der Waals surface area contributed by atoms with Gasteiger partial charge in [0, 0.05) is 4.47 Å². The minimum Gasteiger partial charge on any atom is -0.507 e. The van der Waals surface area contributed by atoms with Gasteiger partial charge in [0.2, 0.25) is 0 Å². The number of phenolic OH excluding ortho intramolecular Hbond substituents is 1. The van der Waals surface area contributed by atoms with Gasteiger partial charge in [0.15, 0.2) is 23.5 Å². The molecule has 2 aliphatic rings. The number of nitrogens with zero attached hydrogens (tertiary/aromatic N) is 4. The summed E-state index contributed by atoms with van der Waals surface area (Å²) in [7, 11) is -4.57. The number of benzene rings is 1. The molecule has 1 aromatic carbocycles. The van der Waals surface area contributed by atoms with Crippen molar-refractivity contribution in [2.45, 2.75) is 44.2 Å². The SMILES string of the molecule is CC1(C)O[C@@H]2[C@H](O1)[C@@H](COS(=O)(=O)NC(=O)c1ccc(Br)cc1O)O[C@H]2n1cnc2c(N)ncnc21. The van der Waals surface area contributed by atoms with Gasteiger partial charge in [0.1, 0.15) is 35.9 Å². The summed E-state index contributed by atoms with van der Waals surface area (Å²) in [5.74, 6) is -2.26. The third-order valence-corrected chi connectivity index (χ3v) is 6.97. The van der Waals surface area contributed by atoms with Crippen LogP contribution in [-0.4, -0.2) is 69.7 Å². The molecule has 36 heavy (non-hydrogen) atoms. The van der Waals surface area contributed by atoms with Crippen LogP contribution in [0.2, 0.25) is 0 Å². The average molecular weight is 585 g/mol. The second-order valence-corrected chi connectivity index (χ2v) is 10.8. The monoisotopic (exact) mass is 584 g/mol. The van der Waals surface area contributed by atoms with Gasteiger partial charge in [-0.3, -0.25) is 13.5 Å². The number of nitrogen functional groups attached to an aromatic ring is 1. The fourth-order valence-corrected chi connectivity index (χ4v) is 5.18. The van der Waals surface area contributed by atoms with Gasteiger partial charge in [0.25, 0.3) is 5.91 Å². The molecule has 1 amide bonds. The van der Waals surface area contributed by atoms with Crippen LogP contribution in [0.1, 0.15) is 30.4 Å². The van der Waals surface area contributed by atoms with E-state index in [0.717, 1.165) is 0 Å². The maximum atomic E-state index is 12.5. The van der Waals surface area contributed by atoms with E-state index in [1.807, 2.05) is 0 Å². The number of anilines is 1. The quantitative estimate of drug-likeness (QED) is 0.372. The molecule has 0 aliphatic carbocycles. The molecule has 14 nitrogen and oxygen atoms in total. The van der Waals surface area contributed by atoms with Gasteiger partial charge in [-0.1, -0.05) is 15.9 Å². The number of nitrogens with one attached hydrogen (secondary N) is 1. The summed E-state index contributed by atoms with van der Waals surface area (Å²) in [6.07, 6.45) is -0.288. The highest BCUT2D eigenvalue weighted by Gasteiger charge is 2.56. The van der Waals surface area contributed by atoms with E-state index in [9.17, 15) is 18.3 Å². The molecule has 2 saturated heterocycles. The summed E-state index contributed by atoms with van der Waals surface area (Å²) in [6.45, 7) is 2.94. The van der Waals surface area contributed by atoms with Crippen LogP contribution in [0.4, 0.5) is 5.82 Å². The highest BCUT2D eigenvalue weighted by molar-refractivity contribution is 9.10. The summed E-state index contributed by atoms with van der Waals surface area (Å²) < 4.78 is 51.9. The zero-order chi connectivity index (χ0) is 25.8. The molecule has 4 atom stereocenters. The van der Waals surface area contributed by atoms with E-state index in [4.69, 9.17) is 24.1 Å². The van der Waals surface area contributed by atoms with E-state index >= 15 is 0 Å². The average Bonchev–Trinajstić information content (AvgIpc) is 3.43. The van der Waals surface area contributed by atoms with Gasteiger partial charge < -0.3 is 25.1 Å². The zero-order valence-electron chi connectivity index (χ0n) is 18.9. The van der Waals surface area contributed by atoms with Crippen LogP contribution in [0.5, 0.6) is 5.75 Å². The van der Waals surface area contributed by atoms with Gasteiger partial charge >= 0.3 is 10.3 Å². The molecule has 0 spiro atoms. The molecule has 5 rings (SSSR count). The van der Waals surface area contributed by atoms with E-state index in [2.05, 4.69) is 30.9 Å². The number of halogens is 1. The number of amides is 1. The van der Waals surface area contributed by atoms with Crippen molar-refractivity contribution in [1.29, 1.82) is 0 Å². The van der Waals surface area contributed by atoms with Gasteiger partial charge in [-0.2, -0.15) is 8.42 Å². The molecule has 2 aromatic heterocycles. The van der Waals surface area contributed by atoms with Crippen molar-refractivity contribution in [2.75, 3.05) is 12.3 Å². The largest absolute Gasteiger partial charge is 0.507 e. The molecule has 0 unspecified atom stereocenters. The molecule has 0 saturated carbocycles. The van der Waals surface area contributed by atoms with E-state index < -0.39 is 58.9 Å². The fourth-order valence-electron chi connectivity index (χ4n) is 4.12. The number of aromatic nitrogens is 4. The van der Waals surface area contributed by atoms with Crippen molar-refractivity contribution >= 4 is 49.1 Å². The first-order valence-corrected chi connectivity index (χ1v) is 12.8. The number of ether oxygens (including phenoxy) is 3. The minimum atomic E-state index is -4.57. The zero-order valence-corrected chi connectivity index (χ0v) is 21.3. The summed E-state index contributed by atoms with van der Waals surface area (Å²) in [5.41, 5.74) is 6.40. The van der Waals surface area contributed by atoms with Gasteiger partial charge in [-0.15, -0.1) is 0 Å². The molecule has 16 heteroatoms. The first-order valence-electron chi connectivity index (χ1n) is 10.6. The Kier molecular flexibility index (Phi) is 6.12. The normalized spacial score (nSPS) is 25.2. The topological polar surface area (TPSA) is 190 Å². The molecule has 0 bridgehead atoms. The highest BCUT2D eigenvalue weighted by Crippen LogP contribution is 2.44. The predicted octanol–water partition coefficient (Wildman–Crippen LogP) is 0.985.